The van der Waals surface area contributed by atoms with E-state index in [9.17, 15) is 9.59 Å². The van der Waals surface area contributed by atoms with E-state index in [1.54, 1.807) is 74.7 Å². The maximum atomic E-state index is 13.5. The fraction of sp³-hybridized carbons (Fsp3) is 0.231. The summed E-state index contributed by atoms with van der Waals surface area (Å²) >= 11 is 0. The number of hydrogen-bond donors (Lipinski definition) is 1. The van der Waals surface area contributed by atoms with Crippen molar-refractivity contribution in [3.63, 3.8) is 0 Å². The zero-order valence-electron chi connectivity index (χ0n) is 21.3. The van der Waals surface area contributed by atoms with E-state index in [4.69, 9.17) is 17.0 Å². The SMILES string of the molecule is [2H]C([2H])(c1ccccc1OCc1cn(CC(=O)O)nn1)N(C(=O)c1ccc(-c2ccco2)cc1)C(C)C. The van der Waals surface area contributed by atoms with Crippen molar-refractivity contribution in [2.45, 2.75) is 39.5 Å². The van der Waals surface area contributed by atoms with Gasteiger partial charge in [0.2, 0.25) is 0 Å². The Bertz CT molecular complexity index is 1370. The first-order valence-corrected chi connectivity index (χ1v) is 11.0. The molecule has 0 radical (unpaired) electrons. The van der Waals surface area contributed by atoms with Crippen LogP contribution in [0.2, 0.25) is 0 Å². The molecule has 4 rings (SSSR count). The van der Waals surface area contributed by atoms with Crippen LogP contribution in [0.15, 0.2) is 77.5 Å². The summed E-state index contributed by atoms with van der Waals surface area (Å²) in [5, 5.41) is 16.5. The number of aliphatic carboxylic acids is 1. The van der Waals surface area contributed by atoms with Crippen LogP contribution in [0.1, 0.15) is 38.2 Å². The number of nitrogens with zero attached hydrogens (tertiary/aromatic N) is 4. The highest BCUT2D eigenvalue weighted by Crippen LogP contribution is 2.24. The van der Waals surface area contributed by atoms with Gasteiger partial charge in [-0.25, -0.2) is 4.68 Å². The van der Waals surface area contributed by atoms with E-state index in [0.717, 1.165) is 5.56 Å². The van der Waals surface area contributed by atoms with Gasteiger partial charge < -0.3 is 19.2 Å². The highest BCUT2D eigenvalue weighted by molar-refractivity contribution is 5.94. The lowest BCUT2D eigenvalue weighted by atomic mass is 10.1. The van der Waals surface area contributed by atoms with E-state index < -0.39 is 24.4 Å². The highest BCUT2D eigenvalue weighted by atomic mass is 16.5. The molecule has 1 N–H and O–H groups in total. The van der Waals surface area contributed by atoms with Gasteiger partial charge in [0.25, 0.3) is 5.91 Å². The minimum Gasteiger partial charge on any atom is -0.487 e. The Morgan fingerprint density at radius 3 is 2.60 bits per heavy atom. The number of benzene rings is 2. The molecule has 9 heteroatoms. The molecular formula is C26H26N4O5. The van der Waals surface area contributed by atoms with Crippen LogP contribution >= 0.6 is 0 Å². The second-order valence-corrected chi connectivity index (χ2v) is 8.02. The van der Waals surface area contributed by atoms with Gasteiger partial charge in [-0.1, -0.05) is 35.5 Å². The number of furan rings is 1. The second kappa shape index (κ2) is 10.7. The first-order valence-electron chi connectivity index (χ1n) is 12.0. The molecule has 4 aromatic rings. The predicted molar refractivity (Wildman–Crippen MR) is 128 cm³/mol. The van der Waals surface area contributed by atoms with Crippen LogP contribution < -0.4 is 4.74 Å². The number of carbonyl (C=O) groups excluding carboxylic acids is 1. The molecule has 0 fully saturated rings. The van der Waals surface area contributed by atoms with Crippen molar-refractivity contribution in [3.8, 4) is 17.1 Å². The Balaban J connectivity index is 1.57. The van der Waals surface area contributed by atoms with Gasteiger partial charge in [0.1, 0.15) is 30.4 Å². The third-order valence-corrected chi connectivity index (χ3v) is 5.06. The quantitative estimate of drug-likeness (QED) is 0.364. The average molecular weight is 477 g/mol. The molecule has 0 atom stereocenters. The van der Waals surface area contributed by atoms with Crippen molar-refractivity contribution in [1.82, 2.24) is 19.9 Å². The molecule has 1 amide bonds. The molecule has 2 aromatic heterocycles. The third-order valence-electron chi connectivity index (χ3n) is 5.06. The normalized spacial score (nSPS) is 12.2. The minimum atomic E-state index is -2.22. The maximum absolute atomic E-state index is 13.5. The number of carboxylic acid groups (broad SMARTS) is 1. The summed E-state index contributed by atoms with van der Waals surface area (Å²) in [6.45, 7) is 0.882. The molecule has 0 aliphatic heterocycles. The molecule has 9 nitrogen and oxygen atoms in total. The van der Waals surface area contributed by atoms with E-state index in [1.807, 2.05) is 6.07 Å². The van der Waals surface area contributed by atoms with E-state index in [-0.39, 0.29) is 24.5 Å². The zero-order valence-corrected chi connectivity index (χ0v) is 19.3. The Morgan fingerprint density at radius 2 is 1.91 bits per heavy atom. The van der Waals surface area contributed by atoms with Crippen molar-refractivity contribution in [2.75, 3.05) is 0 Å². The molecule has 180 valence electrons. The first-order chi connectivity index (χ1) is 17.7. The van der Waals surface area contributed by atoms with Gasteiger partial charge >= 0.3 is 5.97 Å². The van der Waals surface area contributed by atoms with Gasteiger partial charge in [0.15, 0.2) is 0 Å². The van der Waals surface area contributed by atoms with Crippen LogP contribution in [0.5, 0.6) is 5.75 Å². The van der Waals surface area contributed by atoms with Gasteiger partial charge in [-0.15, -0.1) is 5.10 Å². The molecule has 0 aliphatic rings. The van der Waals surface area contributed by atoms with Crippen LogP contribution in [0, 0.1) is 0 Å². The van der Waals surface area contributed by atoms with Crippen LogP contribution in [-0.2, 0) is 24.4 Å². The molecule has 0 saturated heterocycles. The summed E-state index contributed by atoms with van der Waals surface area (Å²) in [4.78, 5) is 25.6. The minimum absolute atomic E-state index is 0.0589. The average Bonchev–Trinajstić information content (AvgIpc) is 3.55. The summed E-state index contributed by atoms with van der Waals surface area (Å²) < 4.78 is 30.4. The summed E-state index contributed by atoms with van der Waals surface area (Å²) in [7, 11) is 0. The highest BCUT2D eigenvalue weighted by Gasteiger charge is 2.21. The predicted octanol–water partition coefficient (Wildman–Crippen LogP) is 4.25. The largest absolute Gasteiger partial charge is 0.487 e. The second-order valence-electron chi connectivity index (χ2n) is 8.02. The maximum Gasteiger partial charge on any atom is 0.325 e. The number of carbonyl (C=O) groups is 2. The van der Waals surface area contributed by atoms with Crippen molar-refractivity contribution in [1.29, 1.82) is 0 Å². The molecule has 35 heavy (non-hydrogen) atoms. The van der Waals surface area contributed by atoms with Crippen LogP contribution in [0.3, 0.4) is 0 Å². The van der Waals surface area contributed by atoms with Crippen LogP contribution in [0.4, 0.5) is 0 Å². The summed E-state index contributed by atoms with van der Waals surface area (Å²) in [6.07, 6.45) is 3.02. The molecule has 0 saturated carbocycles. The van der Waals surface area contributed by atoms with Crippen molar-refractivity contribution < 1.29 is 26.6 Å². The molecule has 2 heterocycles. The Labute approximate surface area is 205 Å². The molecular weight excluding hydrogens is 448 g/mol. The number of rotatable bonds is 10. The lowest BCUT2D eigenvalue weighted by Gasteiger charge is -2.28. The molecule has 0 bridgehead atoms. The third kappa shape index (κ3) is 5.94. The number of ether oxygens (including phenoxy) is 1. The number of para-hydroxylation sites is 1. The number of hydrogen-bond acceptors (Lipinski definition) is 6. The molecule has 0 aliphatic carbocycles. The Hall–Kier alpha value is -4.40. The summed E-state index contributed by atoms with van der Waals surface area (Å²) in [6, 6.07) is 16.5. The number of carboxylic acids is 1. The molecule has 2 aromatic carbocycles. The number of amides is 1. The van der Waals surface area contributed by atoms with Crippen LogP contribution in [0.25, 0.3) is 11.3 Å². The van der Waals surface area contributed by atoms with Crippen molar-refractivity contribution >= 4 is 11.9 Å². The van der Waals surface area contributed by atoms with E-state index in [1.165, 1.54) is 15.8 Å². The topological polar surface area (TPSA) is 111 Å². The standard InChI is InChI=1S/C26H26N4O5/c1-18(2)30(26(33)20-11-9-19(10-12-20)23-8-5-13-34-23)14-21-6-3-4-7-24(21)35-17-22-15-29(28-27-22)16-25(31)32/h3-13,15,18H,14,16-17H2,1-2H3,(H,31,32)/i14D2. The lowest BCUT2D eigenvalue weighted by molar-refractivity contribution is -0.137. The Kier molecular flexibility index (Phi) is 6.46. The molecule has 0 unspecified atom stereocenters. The lowest BCUT2D eigenvalue weighted by Crippen LogP contribution is -2.36. The van der Waals surface area contributed by atoms with Gasteiger partial charge in [-0.05, 0) is 44.2 Å². The summed E-state index contributed by atoms with van der Waals surface area (Å²) in [5.41, 5.74) is 1.69. The van der Waals surface area contributed by atoms with Gasteiger partial charge in [-0.3, -0.25) is 9.59 Å². The van der Waals surface area contributed by atoms with E-state index in [2.05, 4.69) is 10.3 Å². The number of aromatic nitrogens is 3. The monoisotopic (exact) mass is 476 g/mol. The zero-order chi connectivity index (χ0) is 26.6. The fourth-order valence-corrected chi connectivity index (χ4v) is 3.36. The molecule has 0 spiro atoms. The van der Waals surface area contributed by atoms with Crippen molar-refractivity contribution in [2.24, 2.45) is 0 Å². The van der Waals surface area contributed by atoms with E-state index in [0.29, 0.717) is 17.0 Å². The van der Waals surface area contributed by atoms with Gasteiger partial charge in [0, 0.05) is 29.2 Å². The summed E-state index contributed by atoms with van der Waals surface area (Å²) in [5.74, 6) is -0.626. The van der Waals surface area contributed by atoms with Crippen molar-refractivity contribution in [3.05, 3.63) is 89.9 Å². The van der Waals surface area contributed by atoms with Gasteiger partial charge in [0.05, 0.1) is 15.2 Å². The fourth-order valence-electron chi connectivity index (χ4n) is 3.36. The van der Waals surface area contributed by atoms with E-state index >= 15 is 0 Å². The van der Waals surface area contributed by atoms with Gasteiger partial charge in [-0.2, -0.15) is 0 Å². The van der Waals surface area contributed by atoms with Crippen LogP contribution in [-0.4, -0.2) is 42.9 Å². The first kappa shape index (κ1) is 21.2. The Morgan fingerprint density at radius 1 is 1.14 bits per heavy atom. The smallest absolute Gasteiger partial charge is 0.325 e.